The van der Waals surface area contributed by atoms with Crippen LogP contribution in [0.3, 0.4) is 0 Å². The van der Waals surface area contributed by atoms with Gasteiger partial charge >= 0.3 is 5.97 Å². The Morgan fingerprint density at radius 1 is 1.24 bits per heavy atom. The predicted octanol–water partition coefficient (Wildman–Crippen LogP) is 3.05. The van der Waals surface area contributed by atoms with Crippen molar-refractivity contribution in [2.24, 2.45) is 5.92 Å². The average molecular weight is 242 g/mol. The molecule has 0 aromatic rings. The molecule has 0 amide bonds. The zero-order valence-corrected chi connectivity index (χ0v) is 11.0. The van der Waals surface area contributed by atoms with Crippen molar-refractivity contribution in [2.45, 2.75) is 70.3 Å². The van der Waals surface area contributed by atoms with E-state index in [-0.39, 0.29) is 12.1 Å². The van der Waals surface area contributed by atoms with Crippen LogP contribution in [0.25, 0.3) is 0 Å². The van der Waals surface area contributed by atoms with Gasteiger partial charge in [0.05, 0.1) is 13.2 Å². The summed E-state index contributed by atoms with van der Waals surface area (Å²) in [6, 6.07) is 0. The maximum atomic E-state index is 10.9. The fourth-order valence-electron chi connectivity index (χ4n) is 2.66. The Labute approximate surface area is 105 Å². The molecule has 0 aromatic heterocycles. The Kier molecular flexibility index (Phi) is 7.25. The number of rotatable bonds is 7. The number of unbranched alkanes of at least 4 members (excludes halogenated alkanes) is 2. The van der Waals surface area contributed by atoms with Crippen LogP contribution < -0.4 is 0 Å². The van der Waals surface area contributed by atoms with Gasteiger partial charge in [0, 0.05) is 6.42 Å². The number of methoxy groups -OCH3 is 1. The monoisotopic (exact) mass is 242 g/mol. The van der Waals surface area contributed by atoms with Crippen molar-refractivity contribution in [2.75, 3.05) is 7.11 Å². The van der Waals surface area contributed by atoms with Crippen molar-refractivity contribution >= 4 is 5.97 Å². The molecule has 1 aliphatic carbocycles. The first kappa shape index (κ1) is 14.5. The van der Waals surface area contributed by atoms with Gasteiger partial charge in [-0.1, -0.05) is 32.1 Å². The SMILES string of the molecule is COC(=O)CCCCC[C@@H](O)C1CCCCC1. The summed E-state index contributed by atoms with van der Waals surface area (Å²) in [5.41, 5.74) is 0. The number of carbonyl (C=O) groups is 1. The molecule has 0 heterocycles. The van der Waals surface area contributed by atoms with Crippen molar-refractivity contribution in [1.29, 1.82) is 0 Å². The van der Waals surface area contributed by atoms with Crippen molar-refractivity contribution < 1.29 is 14.6 Å². The lowest BCUT2D eigenvalue weighted by atomic mass is 9.83. The van der Waals surface area contributed by atoms with Gasteiger partial charge in [-0.3, -0.25) is 4.79 Å². The predicted molar refractivity (Wildman–Crippen MR) is 67.7 cm³/mol. The highest BCUT2D eigenvalue weighted by molar-refractivity contribution is 5.68. The molecule has 0 aromatic carbocycles. The maximum Gasteiger partial charge on any atom is 0.305 e. The van der Waals surface area contributed by atoms with Crippen molar-refractivity contribution in [3.8, 4) is 0 Å². The zero-order valence-electron chi connectivity index (χ0n) is 11.0. The highest BCUT2D eigenvalue weighted by Gasteiger charge is 2.20. The molecule has 1 rings (SSSR count). The standard InChI is InChI=1S/C14H26O3/c1-17-14(16)11-7-3-6-10-13(15)12-8-4-2-5-9-12/h12-13,15H,2-11H2,1H3/t13-/m1/s1. The molecule has 0 unspecified atom stereocenters. The van der Waals surface area contributed by atoms with E-state index < -0.39 is 0 Å². The van der Waals surface area contributed by atoms with Crippen molar-refractivity contribution in [3.05, 3.63) is 0 Å². The maximum absolute atomic E-state index is 10.9. The van der Waals surface area contributed by atoms with E-state index in [1.807, 2.05) is 0 Å². The molecule has 3 nitrogen and oxygen atoms in total. The minimum Gasteiger partial charge on any atom is -0.469 e. The Hall–Kier alpha value is -0.570. The first-order valence-corrected chi connectivity index (χ1v) is 6.99. The molecule has 100 valence electrons. The molecular formula is C14H26O3. The Morgan fingerprint density at radius 3 is 2.59 bits per heavy atom. The van der Waals surface area contributed by atoms with Crippen LogP contribution in [-0.2, 0) is 9.53 Å². The molecular weight excluding hydrogens is 216 g/mol. The minimum atomic E-state index is -0.127. The number of aliphatic hydroxyl groups excluding tert-OH is 1. The Morgan fingerprint density at radius 2 is 1.94 bits per heavy atom. The number of carbonyl (C=O) groups excluding carboxylic acids is 1. The Bertz CT molecular complexity index is 210. The fourth-order valence-corrected chi connectivity index (χ4v) is 2.66. The summed E-state index contributed by atoms with van der Waals surface area (Å²) < 4.78 is 4.58. The first-order chi connectivity index (χ1) is 8.24. The number of esters is 1. The average Bonchev–Trinajstić information content (AvgIpc) is 2.38. The quantitative estimate of drug-likeness (QED) is 0.551. The van der Waals surface area contributed by atoms with Crippen LogP contribution in [-0.4, -0.2) is 24.3 Å². The van der Waals surface area contributed by atoms with E-state index in [9.17, 15) is 9.90 Å². The largest absolute Gasteiger partial charge is 0.469 e. The highest BCUT2D eigenvalue weighted by Crippen LogP contribution is 2.28. The van der Waals surface area contributed by atoms with E-state index in [2.05, 4.69) is 4.74 Å². The van der Waals surface area contributed by atoms with Gasteiger partial charge in [0.25, 0.3) is 0 Å². The van der Waals surface area contributed by atoms with E-state index in [0.717, 1.165) is 25.7 Å². The topological polar surface area (TPSA) is 46.5 Å². The molecule has 0 radical (unpaired) electrons. The normalized spacial score (nSPS) is 18.9. The lowest BCUT2D eigenvalue weighted by Crippen LogP contribution is -2.22. The van der Waals surface area contributed by atoms with Crippen molar-refractivity contribution in [3.63, 3.8) is 0 Å². The van der Waals surface area contributed by atoms with E-state index >= 15 is 0 Å². The molecule has 0 aliphatic heterocycles. The van der Waals surface area contributed by atoms with Gasteiger partial charge < -0.3 is 9.84 Å². The van der Waals surface area contributed by atoms with Crippen LogP contribution in [0.5, 0.6) is 0 Å². The molecule has 1 saturated carbocycles. The summed E-state index contributed by atoms with van der Waals surface area (Å²) in [5.74, 6) is 0.405. The smallest absolute Gasteiger partial charge is 0.305 e. The number of hydrogen-bond acceptors (Lipinski definition) is 3. The van der Waals surface area contributed by atoms with E-state index in [1.54, 1.807) is 0 Å². The summed E-state index contributed by atoms with van der Waals surface area (Å²) in [6.07, 6.45) is 10.5. The second-order valence-corrected chi connectivity index (χ2v) is 5.14. The molecule has 1 fully saturated rings. The van der Waals surface area contributed by atoms with E-state index in [0.29, 0.717) is 12.3 Å². The molecule has 1 N–H and O–H groups in total. The van der Waals surface area contributed by atoms with Gasteiger partial charge in [0.15, 0.2) is 0 Å². The van der Waals surface area contributed by atoms with Crippen LogP contribution in [0.1, 0.15) is 64.2 Å². The number of aliphatic hydroxyl groups is 1. The van der Waals surface area contributed by atoms with E-state index in [1.165, 1.54) is 39.2 Å². The van der Waals surface area contributed by atoms with Gasteiger partial charge in [-0.05, 0) is 31.6 Å². The number of ether oxygens (including phenoxy) is 1. The molecule has 1 atom stereocenters. The third kappa shape index (κ3) is 6.06. The summed E-state index contributed by atoms with van der Waals surface area (Å²) in [4.78, 5) is 10.9. The van der Waals surface area contributed by atoms with Crippen LogP contribution in [0.15, 0.2) is 0 Å². The van der Waals surface area contributed by atoms with Crippen molar-refractivity contribution in [1.82, 2.24) is 0 Å². The second kappa shape index (κ2) is 8.51. The van der Waals surface area contributed by atoms with Gasteiger partial charge in [-0.25, -0.2) is 0 Å². The molecule has 3 heteroatoms. The fraction of sp³-hybridized carbons (Fsp3) is 0.929. The highest BCUT2D eigenvalue weighted by atomic mass is 16.5. The van der Waals surface area contributed by atoms with Gasteiger partial charge in [0.1, 0.15) is 0 Å². The van der Waals surface area contributed by atoms with Gasteiger partial charge in [-0.2, -0.15) is 0 Å². The summed E-state index contributed by atoms with van der Waals surface area (Å²) in [6.45, 7) is 0. The molecule has 0 spiro atoms. The summed E-state index contributed by atoms with van der Waals surface area (Å²) >= 11 is 0. The van der Waals surface area contributed by atoms with Crippen LogP contribution in [0.2, 0.25) is 0 Å². The second-order valence-electron chi connectivity index (χ2n) is 5.14. The number of hydrogen-bond donors (Lipinski definition) is 1. The first-order valence-electron chi connectivity index (χ1n) is 6.99. The van der Waals surface area contributed by atoms with Gasteiger partial charge in [-0.15, -0.1) is 0 Å². The van der Waals surface area contributed by atoms with Gasteiger partial charge in [0.2, 0.25) is 0 Å². The summed E-state index contributed by atoms with van der Waals surface area (Å²) in [5, 5.41) is 10.0. The lowest BCUT2D eigenvalue weighted by Gasteiger charge is -2.26. The molecule has 0 saturated heterocycles. The summed E-state index contributed by atoms with van der Waals surface area (Å²) in [7, 11) is 1.43. The third-order valence-electron chi connectivity index (χ3n) is 3.80. The zero-order chi connectivity index (χ0) is 12.5. The van der Waals surface area contributed by atoms with Crippen LogP contribution in [0.4, 0.5) is 0 Å². The van der Waals surface area contributed by atoms with E-state index in [4.69, 9.17) is 0 Å². The molecule has 17 heavy (non-hydrogen) atoms. The van der Waals surface area contributed by atoms with Crippen LogP contribution in [0, 0.1) is 5.92 Å². The molecule has 0 bridgehead atoms. The Balaban J connectivity index is 1.99. The minimum absolute atomic E-state index is 0.117. The lowest BCUT2D eigenvalue weighted by molar-refractivity contribution is -0.140. The third-order valence-corrected chi connectivity index (χ3v) is 3.80. The molecule has 1 aliphatic rings. The van der Waals surface area contributed by atoms with Crippen LogP contribution >= 0.6 is 0 Å².